The third-order valence-corrected chi connectivity index (χ3v) is 6.57. The molecule has 3 aliphatic heterocycles. The molecule has 0 atom stereocenters. The summed E-state index contributed by atoms with van der Waals surface area (Å²) < 4.78 is 33.1. The minimum atomic E-state index is -0.844. The first-order chi connectivity index (χ1) is 16.0. The van der Waals surface area contributed by atoms with Crippen molar-refractivity contribution >= 4 is 17.7 Å². The first-order valence-corrected chi connectivity index (χ1v) is 11.4. The molecular formula is C23H28F2N6O2. The van der Waals surface area contributed by atoms with Crippen LogP contribution in [0.1, 0.15) is 21.6 Å². The van der Waals surface area contributed by atoms with Crippen LogP contribution in [0, 0.1) is 11.6 Å². The topological polar surface area (TPSA) is 65.0 Å². The lowest BCUT2D eigenvalue weighted by atomic mass is 10.0. The predicted molar refractivity (Wildman–Crippen MR) is 120 cm³/mol. The SMILES string of the molecule is CN1CCN(c2nc(N3CCOCC3)nc3c2CN(C(=O)c2ccc(F)cc2F)CC3)CC1. The van der Waals surface area contributed by atoms with Crippen LogP contribution in [0.15, 0.2) is 18.2 Å². The van der Waals surface area contributed by atoms with E-state index in [1.807, 2.05) is 0 Å². The molecule has 0 radical (unpaired) electrons. The van der Waals surface area contributed by atoms with E-state index in [0.29, 0.717) is 38.7 Å². The van der Waals surface area contributed by atoms with Crippen LogP contribution in [0.25, 0.3) is 0 Å². The quantitative estimate of drug-likeness (QED) is 0.692. The van der Waals surface area contributed by atoms with Gasteiger partial charge in [0.2, 0.25) is 5.95 Å². The van der Waals surface area contributed by atoms with Gasteiger partial charge in [0, 0.05) is 63.9 Å². The first-order valence-electron chi connectivity index (χ1n) is 11.4. The van der Waals surface area contributed by atoms with Crippen molar-refractivity contribution in [3.63, 3.8) is 0 Å². The van der Waals surface area contributed by atoms with Crippen molar-refractivity contribution < 1.29 is 18.3 Å². The van der Waals surface area contributed by atoms with Gasteiger partial charge in [-0.2, -0.15) is 4.98 Å². The van der Waals surface area contributed by atoms with Gasteiger partial charge in [-0.3, -0.25) is 4.79 Å². The molecule has 2 fully saturated rings. The van der Waals surface area contributed by atoms with E-state index in [-0.39, 0.29) is 5.56 Å². The summed E-state index contributed by atoms with van der Waals surface area (Å²) in [5.41, 5.74) is 1.73. The first kappa shape index (κ1) is 22.0. The Bertz CT molecular complexity index is 1040. The molecule has 0 unspecified atom stereocenters. The van der Waals surface area contributed by atoms with Crippen molar-refractivity contribution in [2.45, 2.75) is 13.0 Å². The third-order valence-electron chi connectivity index (χ3n) is 6.57. The number of morpholine rings is 1. The Morgan fingerprint density at radius 3 is 2.45 bits per heavy atom. The molecule has 1 aromatic carbocycles. The molecule has 2 saturated heterocycles. The molecule has 0 spiro atoms. The zero-order valence-electron chi connectivity index (χ0n) is 18.8. The number of hydrogen-bond donors (Lipinski definition) is 0. The van der Waals surface area contributed by atoms with Crippen molar-refractivity contribution in [1.29, 1.82) is 0 Å². The molecule has 0 saturated carbocycles. The molecule has 0 bridgehead atoms. The van der Waals surface area contributed by atoms with E-state index in [4.69, 9.17) is 14.7 Å². The number of amides is 1. The van der Waals surface area contributed by atoms with Gasteiger partial charge in [0.05, 0.1) is 31.0 Å². The molecule has 10 heteroatoms. The molecule has 8 nitrogen and oxygen atoms in total. The van der Waals surface area contributed by atoms with Gasteiger partial charge in [-0.1, -0.05) is 0 Å². The number of carbonyl (C=O) groups is 1. The molecule has 0 N–H and O–H groups in total. The van der Waals surface area contributed by atoms with Crippen LogP contribution >= 0.6 is 0 Å². The lowest BCUT2D eigenvalue weighted by Gasteiger charge is -2.38. The molecule has 4 heterocycles. The summed E-state index contributed by atoms with van der Waals surface area (Å²) in [5, 5.41) is 0. The van der Waals surface area contributed by atoms with Crippen LogP contribution in [0.2, 0.25) is 0 Å². The van der Waals surface area contributed by atoms with Gasteiger partial charge < -0.3 is 24.3 Å². The van der Waals surface area contributed by atoms with Crippen LogP contribution < -0.4 is 9.80 Å². The van der Waals surface area contributed by atoms with Crippen LogP contribution in [-0.4, -0.2) is 91.7 Å². The number of anilines is 2. The number of fused-ring (bicyclic) bond motifs is 1. The predicted octanol–water partition coefficient (Wildman–Crippen LogP) is 1.54. The van der Waals surface area contributed by atoms with Crippen LogP contribution in [0.4, 0.5) is 20.5 Å². The zero-order chi connectivity index (χ0) is 22.9. The fraction of sp³-hybridized carbons (Fsp3) is 0.522. The maximum atomic E-state index is 14.3. The highest BCUT2D eigenvalue weighted by atomic mass is 19.1. The van der Waals surface area contributed by atoms with Gasteiger partial charge in [0.25, 0.3) is 5.91 Å². The molecule has 0 aliphatic carbocycles. The Morgan fingerprint density at radius 1 is 0.970 bits per heavy atom. The van der Waals surface area contributed by atoms with Crippen LogP contribution in [0.3, 0.4) is 0 Å². The number of likely N-dealkylation sites (N-methyl/N-ethyl adjacent to an activating group) is 1. The fourth-order valence-corrected chi connectivity index (χ4v) is 4.58. The van der Waals surface area contributed by atoms with Crippen molar-refractivity contribution in [1.82, 2.24) is 19.8 Å². The standard InChI is InChI=1S/C23H28F2N6O2/c1-28-6-8-29(9-7-28)21-18-15-31(22(32)17-3-2-16(24)14-19(17)25)5-4-20(18)26-23(27-21)30-10-12-33-13-11-30/h2-3,14H,4-13,15H2,1H3. The number of benzene rings is 1. The minimum absolute atomic E-state index is 0.119. The normalized spacial score (nSPS) is 19.5. The second-order valence-corrected chi connectivity index (χ2v) is 8.76. The maximum absolute atomic E-state index is 14.3. The molecule has 2 aromatic rings. The van der Waals surface area contributed by atoms with Gasteiger partial charge in [0.15, 0.2) is 0 Å². The summed E-state index contributed by atoms with van der Waals surface area (Å²) in [4.78, 5) is 31.2. The van der Waals surface area contributed by atoms with Crippen LogP contribution in [0.5, 0.6) is 0 Å². The van der Waals surface area contributed by atoms with Gasteiger partial charge in [-0.15, -0.1) is 0 Å². The summed E-state index contributed by atoms with van der Waals surface area (Å²) in [6.45, 7) is 7.03. The molecule has 1 amide bonds. The molecule has 33 heavy (non-hydrogen) atoms. The Morgan fingerprint density at radius 2 is 1.73 bits per heavy atom. The van der Waals surface area contributed by atoms with Crippen molar-refractivity contribution in [3.8, 4) is 0 Å². The van der Waals surface area contributed by atoms with Gasteiger partial charge in [-0.05, 0) is 19.2 Å². The number of carbonyl (C=O) groups excluding carboxylic acids is 1. The monoisotopic (exact) mass is 458 g/mol. The Balaban J connectivity index is 1.47. The number of rotatable bonds is 3. The summed E-state index contributed by atoms with van der Waals surface area (Å²) in [6, 6.07) is 3.07. The summed E-state index contributed by atoms with van der Waals surface area (Å²) >= 11 is 0. The summed E-state index contributed by atoms with van der Waals surface area (Å²) in [7, 11) is 2.10. The van der Waals surface area contributed by atoms with Crippen molar-refractivity contribution in [2.24, 2.45) is 0 Å². The Hall–Kier alpha value is -2.85. The number of piperazine rings is 1. The van der Waals surface area contributed by atoms with E-state index in [1.165, 1.54) is 6.07 Å². The van der Waals surface area contributed by atoms with E-state index in [0.717, 1.165) is 68.5 Å². The summed E-state index contributed by atoms with van der Waals surface area (Å²) in [5.74, 6) is -0.430. The number of halogens is 2. The number of aromatic nitrogens is 2. The van der Waals surface area contributed by atoms with Crippen molar-refractivity contribution in [3.05, 3.63) is 46.7 Å². The highest BCUT2D eigenvalue weighted by Crippen LogP contribution is 2.31. The third kappa shape index (κ3) is 4.49. The highest BCUT2D eigenvalue weighted by molar-refractivity contribution is 5.94. The molecule has 176 valence electrons. The van der Waals surface area contributed by atoms with E-state index in [9.17, 15) is 13.6 Å². The van der Waals surface area contributed by atoms with E-state index < -0.39 is 17.5 Å². The largest absolute Gasteiger partial charge is 0.378 e. The van der Waals surface area contributed by atoms with E-state index >= 15 is 0 Å². The van der Waals surface area contributed by atoms with Gasteiger partial charge >= 0.3 is 0 Å². The second-order valence-electron chi connectivity index (χ2n) is 8.76. The second kappa shape index (κ2) is 9.18. The number of ether oxygens (including phenoxy) is 1. The fourth-order valence-electron chi connectivity index (χ4n) is 4.58. The summed E-state index contributed by atoms with van der Waals surface area (Å²) in [6.07, 6.45) is 0.560. The Labute approximate surface area is 191 Å². The van der Waals surface area contributed by atoms with E-state index in [2.05, 4.69) is 21.7 Å². The minimum Gasteiger partial charge on any atom is -0.378 e. The lowest BCUT2D eigenvalue weighted by Crippen LogP contribution is -2.46. The van der Waals surface area contributed by atoms with E-state index in [1.54, 1.807) is 4.90 Å². The molecule has 1 aromatic heterocycles. The van der Waals surface area contributed by atoms with Gasteiger partial charge in [0.1, 0.15) is 17.5 Å². The highest BCUT2D eigenvalue weighted by Gasteiger charge is 2.31. The van der Waals surface area contributed by atoms with Crippen molar-refractivity contribution in [2.75, 3.05) is 75.9 Å². The van der Waals surface area contributed by atoms with Gasteiger partial charge in [-0.25, -0.2) is 13.8 Å². The Kier molecular flexibility index (Phi) is 6.11. The van der Waals surface area contributed by atoms with Crippen LogP contribution in [-0.2, 0) is 17.7 Å². The average molecular weight is 459 g/mol. The number of hydrogen-bond acceptors (Lipinski definition) is 7. The molecule has 3 aliphatic rings. The average Bonchev–Trinajstić information content (AvgIpc) is 2.84. The molecule has 5 rings (SSSR count). The smallest absolute Gasteiger partial charge is 0.257 e. The zero-order valence-corrected chi connectivity index (χ0v) is 18.8. The maximum Gasteiger partial charge on any atom is 0.257 e. The molecular weight excluding hydrogens is 430 g/mol. The lowest BCUT2D eigenvalue weighted by molar-refractivity contribution is 0.0728. The number of nitrogens with zero attached hydrogens (tertiary/aromatic N) is 6.